The lowest BCUT2D eigenvalue weighted by atomic mass is 9.85. The summed E-state index contributed by atoms with van der Waals surface area (Å²) in [5.74, 6) is -0.803. The minimum Gasteiger partial charge on any atom is -0.497 e. The van der Waals surface area contributed by atoms with E-state index in [1.54, 1.807) is 30.7 Å². The molecule has 0 amide bonds. The van der Waals surface area contributed by atoms with E-state index in [0.29, 0.717) is 41.2 Å². The van der Waals surface area contributed by atoms with E-state index < -0.39 is 17.5 Å². The number of benzene rings is 1. The van der Waals surface area contributed by atoms with Crippen molar-refractivity contribution in [2.24, 2.45) is 0 Å². The van der Waals surface area contributed by atoms with Gasteiger partial charge >= 0.3 is 11.9 Å². The summed E-state index contributed by atoms with van der Waals surface area (Å²) in [5.41, 5.74) is 3.45. The third kappa shape index (κ3) is 4.17. The minimum atomic E-state index is -2.18. The molecule has 1 N–H and O–H groups in total. The van der Waals surface area contributed by atoms with Crippen LogP contribution >= 0.6 is 0 Å². The first-order valence-corrected chi connectivity index (χ1v) is 13.4. The third-order valence-electron chi connectivity index (χ3n) is 8.02. The van der Waals surface area contributed by atoms with Gasteiger partial charge in [0.1, 0.15) is 12.4 Å². The van der Waals surface area contributed by atoms with Gasteiger partial charge in [0.05, 0.1) is 48.3 Å². The smallest absolute Gasteiger partial charge is 0.343 e. The Kier molecular flexibility index (Phi) is 6.37. The highest BCUT2D eigenvalue weighted by atomic mass is 16.6. The summed E-state index contributed by atoms with van der Waals surface area (Å²) in [6.45, 7) is 5.42. The molecule has 0 fully saturated rings. The molecule has 10 heteroatoms. The Bertz CT molecular complexity index is 1830. The van der Waals surface area contributed by atoms with Crippen molar-refractivity contribution in [3.05, 3.63) is 86.0 Å². The predicted octanol–water partition coefficient (Wildman–Crippen LogP) is 3.50. The highest BCUT2D eigenvalue weighted by Crippen LogP contribution is 2.41. The van der Waals surface area contributed by atoms with Crippen LogP contribution in [0.1, 0.15) is 57.2 Å². The lowest BCUT2D eigenvalue weighted by molar-refractivity contribution is -0.173. The molecule has 2 aliphatic heterocycles. The lowest BCUT2D eigenvalue weighted by Crippen LogP contribution is -2.45. The van der Waals surface area contributed by atoms with Gasteiger partial charge in [0.2, 0.25) is 0 Å². The van der Waals surface area contributed by atoms with Crippen LogP contribution in [0.25, 0.3) is 22.3 Å². The number of hydrogen-bond donors (Lipinski definition) is 1. The van der Waals surface area contributed by atoms with Crippen LogP contribution in [0, 0.1) is 13.8 Å². The number of methoxy groups -OCH3 is 1. The Hall–Kier alpha value is -4.57. The first-order chi connectivity index (χ1) is 19.7. The molecule has 0 radical (unpaired) electrons. The number of fused-ring (bicyclic) bond motifs is 5. The molecular formula is C31H29N3O7. The second-order valence-electron chi connectivity index (χ2n) is 10.4. The monoisotopic (exact) mass is 555 g/mol. The number of esters is 2. The SMILES string of the molecule is CCc1c2c(nc3ccc(OC)cc13)-c1cc3c(c(=O)n1C2)COC(=O)[C@]3(O)CCOC(=O)c1cnc(C)cc1C. The molecule has 210 valence electrons. The second kappa shape index (κ2) is 9.81. The van der Waals surface area contributed by atoms with Crippen LogP contribution in [0.3, 0.4) is 0 Å². The van der Waals surface area contributed by atoms with Crippen molar-refractivity contribution in [2.45, 2.75) is 52.4 Å². The molecule has 10 nitrogen and oxygen atoms in total. The van der Waals surface area contributed by atoms with Gasteiger partial charge in [-0.1, -0.05) is 6.92 Å². The van der Waals surface area contributed by atoms with Crippen LogP contribution < -0.4 is 10.3 Å². The summed E-state index contributed by atoms with van der Waals surface area (Å²) in [5, 5.41) is 12.6. The molecule has 4 aromatic rings. The average molecular weight is 556 g/mol. The van der Waals surface area contributed by atoms with Crippen molar-refractivity contribution < 1.29 is 28.9 Å². The summed E-state index contributed by atoms with van der Waals surface area (Å²) in [6.07, 6.45) is 1.86. The molecule has 41 heavy (non-hydrogen) atoms. The van der Waals surface area contributed by atoms with Crippen molar-refractivity contribution in [3.63, 3.8) is 0 Å². The fraction of sp³-hybridized carbons (Fsp3) is 0.323. The van der Waals surface area contributed by atoms with Crippen molar-refractivity contribution in [3.8, 4) is 17.1 Å². The second-order valence-corrected chi connectivity index (χ2v) is 10.4. The van der Waals surface area contributed by atoms with Crippen molar-refractivity contribution >= 4 is 22.8 Å². The van der Waals surface area contributed by atoms with Crippen molar-refractivity contribution in [1.82, 2.24) is 14.5 Å². The van der Waals surface area contributed by atoms with Crippen molar-refractivity contribution in [1.29, 1.82) is 0 Å². The summed E-state index contributed by atoms with van der Waals surface area (Å²) in [7, 11) is 1.61. The number of aromatic nitrogens is 3. The van der Waals surface area contributed by atoms with Gasteiger partial charge in [-0.2, -0.15) is 0 Å². The number of nitrogens with zero attached hydrogens (tertiary/aromatic N) is 3. The number of pyridine rings is 3. The number of aryl methyl sites for hydroxylation is 3. The molecule has 1 atom stereocenters. The zero-order valence-corrected chi connectivity index (χ0v) is 23.2. The quantitative estimate of drug-likeness (QED) is 0.313. The zero-order chi connectivity index (χ0) is 29.1. The molecule has 6 rings (SSSR count). The average Bonchev–Trinajstić information content (AvgIpc) is 3.32. The summed E-state index contributed by atoms with van der Waals surface area (Å²) in [4.78, 5) is 48.4. The van der Waals surface area contributed by atoms with Gasteiger partial charge in [0, 0.05) is 34.8 Å². The molecule has 1 aromatic carbocycles. The standard InChI is InChI=1S/C31H29N3O7/c1-5-19-20-11-18(39-4)6-7-25(20)33-27-22(19)14-34-26(27)12-24-23(28(34)35)15-41-30(37)31(24,38)8-9-40-29(36)21-13-32-17(3)10-16(21)2/h6-7,10-13,38H,5,8-9,14-15H2,1-4H3/t31-/m0/s1. The van der Waals surface area contributed by atoms with Crippen LogP contribution in [0.5, 0.6) is 5.75 Å². The fourth-order valence-electron chi connectivity index (χ4n) is 5.85. The first kappa shape index (κ1) is 26.6. The maximum Gasteiger partial charge on any atom is 0.343 e. The molecule has 3 aromatic heterocycles. The van der Waals surface area contributed by atoms with Gasteiger partial charge in [0.15, 0.2) is 5.60 Å². The lowest BCUT2D eigenvalue weighted by Gasteiger charge is -2.32. The highest BCUT2D eigenvalue weighted by Gasteiger charge is 2.47. The Morgan fingerprint density at radius 1 is 1.17 bits per heavy atom. The van der Waals surface area contributed by atoms with E-state index in [1.807, 2.05) is 32.0 Å². The Morgan fingerprint density at radius 3 is 2.71 bits per heavy atom. The molecule has 5 heterocycles. The van der Waals surface area contributed by atoms with E-state index in [9.17, 15) is 19.5 Å². The van der Waals surface area contributed by atoms with Gasteiger partial charge in [-0.3, -0.25) is 9.78 Å². The van der Waals surface area contributed by atoms with Gasteiger partial charge in [-0.05, 0) is 61.7 Å². The van der Waals surface area contributed by atoms with Crippen LogP contribution in [0.15, 0.2) is 41.3 Å². The molecule has 0 saturated heterocycles. The number of carbonyl (C=O) groups is 2. The Morgan fingerprint density at radius 2 is 1.98 bits per heavy atom. The first-order valence-electron chi connectivity index (χ1n) is 13.4. The summed E-state index contributed by atoms with van der Waals surface area (Å²) in [6, 6.07) is 9.07. The minimum absolute atomic E-state index is 0.150. The maximum absolute atomic E-state index is 13.7. The molecule has 0 unspecified atom stereocenters. The topological polar surface area (TPSA) is 130 Å². The van der Waals surface area contributed by atoms with Gasteiger partial charge in [-0.25, -0.2) is 14.6 Å². The zero-order valence-electron chi connectivity index (χ0n) is 23.2. The molecule has 0 spiro atoms. The Balaban J connectivity index is 1.38. The number of ether oxygens (including phenoxy) is 3. The highest BCUT2D eigenvalue weighted by molar-refractivity contribution is 5.91. The van der Waals surface area contributed by atoms with E-state index in [0.717, 1.165) is 27.7 Å². The number of aliphatic hydroxyl groups is 1. The number of hydrogen-bond acceptors (Lipinski definition) is 9. The van der Waals surface area contributed by atoms with E-state index in [4.69, 9.17) is 19.2 Å². The normalized spacial score (nSPS) is 17.0. The summed E-state index contributed by atoms with van der Waals surface area (Å²) < 4.78 is 17.7. The molecule has 0 saturated carbocycles. The van der Waals surface area contributed by atoms with Crippen LogP contribution in [-0.4, -0.2) is 45.3 Å². The van der Waals surface area contributed by atoms with E-state index in [1.165, 1.54) is 6.20 Å². The van der Waals surface area contributed by atoms with E-state index in [-0.39, 0.29) is 36.3 Å². The Labute approximate surface area is 235 Å². The largest absolute Gasteiger partial charge is 0.497 e. The number of carbonyl (C=O) groups excluding carboxylic acids is 2. The van der Waals surface area contributed by atoms with Gasteiger partial charge < -0.3 is 23.9 Å². The van der Waals surface area contributed by atoms with Crippen LogP contribution in [0.4, 0.5) is 0 Å². The maximum atomic E-state index is 13.7. The van der Waals surface area contributed by atoms with Gasteiger partial charge in [0.25, 0.3) is 5.56 Å². The third-order valence-corrected chi connectivity index (χ3v) is 8.02. The molecular weight excluding hydrogens is 526 g/mol. The number of rotatable bonds is 6. The predicted molar refractivity (Wildman–Crippen MR) is 149 cm³/mol. The van der Waals surface area contributed by atoms with E-state index >= 15 is 0 Å². The van der Waals surface area contributed by atoms with Crippen LogP contribution in [-0.2, 0) is 39.4 Å². The molecule has 2 aliphatic rings. The molecule has 0 aliphatic carbocycles. The van der Waals surface area contributed by atoms with Gasteiger partial charge in [-0.15, -0.1) is 0 Å². The number of cyclic esters (lactones) is 1. The van der Waals surface area contributed by atoms with E-state index in [2.05, 4.69) is 4.98 Å². The van der Waals surface area contributed by atoms with Crippen LogP contribution in [0.2, 0.25) is 0 Å². The fourth-order valence-corrected chi connectivity index (χ4v) is 5.85. The van der Waals surface area contributed by atoms with Crippen molar-refractivity contribution in [2.75, 3.05) is 13.7 Å². The molecule has 0 bridgehead atoms. The summed E-state index contributed by atoms with van der Waals surface area (Å²) >= 11 is 0.